The first-order valence-corrected chi connectivity index (χ1v) is 9.32. The Kier molecular flexibility index (Phi) is 6.45. The molecule has 1 unspecified atom stereocenters. The molecule has 0 saturated carbocycles. The van der Waals surface area contributed by atoms with Crippen LogP contribution >= 0.6 is 15.9 Å². The van der Waals surface area contributed by atoms with E-state index in [0.717, 1.165) is 11.9 Å². The first kappa shape index (κ1) is 15.4. The Labute approximate surface area is 114 Å². The number of alkyl halides is 1. The summed E-state index contributed by atoms with van der Waals surface area (Å²) >= 11 is 3.45. The predicted octanol–water partition coefficient (Wildman–Crippen LogP) is 2.45. The van der Waals surface area contributed by atoms with E-state index >= 15 is 0 Å². The summed E-state index contributed by atoms with van der Waals surface area (Å²) < 4.78 is 23.5. The Morgan fingerprint density at radius 2 is 2.12 bits per heavy atom. The van der Waals surface area contributed by atoms with Gasteiger partial charge in [0, 0.05) is 17.9 Å². The third kappa shape index (κ3) is 4.87. The van der Waals surface area contributed by atoms with Crippen LogP contribution in [0.5, 0.6) is 0 Å². The van der Waals surface area contributed by atoms with Crippen molar-refractivity contribution in [3.05, 3.63) is 0 Å². The summed E-state index contributed by atoms with van der Waals surface area (Å²) in [5.41, 5.74) is 0. The van der Waals surface area contributed by atoms with Crippen LogP contribution in [0.3, 0.4) is 0 Å². The van der Waals surface area contributed by atoms with Crippen molar-refractivity contribution in [3.63, 3.8) is 0 Å². The van der Waals surface area contributed by atoms with Gasteiger partial charge in [0.25, 0.3) is 0 Å². The Balaban J connectivity index is 2.40. The molecule has 1 rings (SSSR count). The topological polar surface area (TPSA) is 37.4 Å². The largest absolute Gasteiger partial charge is 0.299 e. The van der Waals surface area contributed by atoms with Crippen LogP contribution in [0.25, 0.3) is 0 Å². The van der Waals surface area contributed by atoms with Crippen molar-refractivity contribution in [2.24, 2.45) is 0 Å². The van der Waals surface area contributed by atoms with Crippen molar-refractivity contribution in [2.75, 3.05) is 24.2 Å². The molecule has 1 aliphatic heterocycles. The SMILES string of the molecule is CC(C)S(=O)(=O)CCN1CCCC1CCCBr. The number of hydrogen-bond acceptors (Lipinski definition) is 3. The number of nitrogens with zero attached hydrogens (tertiary/aromatic N) is 1. The molecule has 0 amide bonds. The lowest BCUT2D eigenvalue weighted by Gasteiger charge is -2.24. The molecular formula is C12H24BrNO2S. The lowest BCUT2D eigenvalue weighted by atomic mass is 10.1. The third-order valence-corrected chi connectivity index (χ3v) is 6.30. The van der Waals surface area contributed by atoms with Crippen LogP contribution < -0.4 is 0 Å². The molecule has 0 radical (unpaired) electrons. The van der Waals surface area contributed by atoms with Gasteiger partial charge in [-0.15, -0.1) is 0 Å². The minimum atomic E-state index is -2.88. The fourth-order valence-electron chi connectivity index (χ4n) is 2.31. The Morgan fingerprint density at radius 1 is 1.41 bits per heavy atom. The van der Waals surface area contributed by atoms with Crippen LogP contribution in [0.4, 0.5) is 0 Å². The average molecular weight is 326 g/mol. The van der Waals surface area contributed by atoms with Gasteiger partial charge in [-0.2, -0.15) is 0 Å². The molecule has 1 saturated heterocycles. The van der Waals surface area contributed by atoms with Gasteiger partial charge in [0.1, 0.15) is 0 Å². The van der Waals surface area contributed by atoms with Crippen molar-refractivity contribution in [1.29, 1.82) is 0 Å². The fourth-order valence-corrected chi connectivity index (χ4v) is 3.59. The van der Waals surface area contributed by atoms with Crippen LogP contribution in [0.1, 0.15) is 39.5 Å². The molecule has 0 aromatic carbocycles. The standard InChI is InChI=1S/C12H24BrNO2S/c1-11(2)17(15,16)10-9-14-8-4-6-12(14)5-3-7-13/h11-12H,3-10H2,1-2H3. The molecule has 0 bridgehead atoms. The zero-order valence-corrected chi connectivity index (χ0v) is 13.3. The van der Waals surface area contributed by atoms with E-state index in [1.54, 1.807) is 13.8 Å². The van der Waals surface area contributed by atoms with Gasteiger partial charge in [-0.1, -0.05) is 15.9 Å². The van der Waals surface area contributed by atoms with E-state index in [2.05, 4.69) is 20.8 Å². The lowest BCUT2D eigenvalue weighted by molar-refractivity contribution is 0.255. The summed E-state index contributed by atoms with van der Waals surface area (Å²) in [6.45, 7) is 5.32. The van der Waals surface area contributed by atoms with Gasteiger partial charge in [-0.3, -0.25) is 4.90 Å². The summed E-state index contributed by atoms with van der Waals surface area (Å²) in [7, 11) is -2.88. The number of hydrogen-bond donors (Lipinski definition) is 0. The molecule has 102 valence electrons. The highest BCUT2D eigenvalue weighted by Crippen LogP contribution is 2.21. The zero-order chi connectivity index (χ0) is 12.9. The highest BCUT2D eigenvalue weighted by Gasteiger charge is 2.26. The Morgan fingerprint density at radius 3 is 2.71 bits per heavy atom. The predicted molar refractivity (Wildman–Crippen MR) is 76.5 cm³/mol. The van der Waals surface area contributed by atoms with Crippen LogP contribution in [0.2, 0.25) is 0 Å². The van der Waals surface area contributed by atoms with Crippen molar-refractivity contribution in [1.82, 2.24) is 4.90 Å². The van der Waals surface area contributed by atoms with Gasteiger partial charge in [0.05, 0.1) is 11.0 Å². The minimum Gasteiger partial charge on any atom is -0.299 e. The third-order valence-electron chi connectivity index (χ3n) is 3.55. The maximum Gasteiger partial charge on any atom is 0.153 e. The minimum absolute atomic E-state index is 0.244. The normalized spacial score (nSPS) is 22.5. The van der Waals surface area contributed by atoms with Crippen molar-refractivity contribution < 1.29 is 8.42 Å². The van der Waals surface area contributed by atoms with E-state index in [9.17, 15) is 8.42 Å². The molecule has 1 atom stereocenters. The Bertz CT molecular complexity index is 316. The summed E-state index contributed by atoms with van der Waals surface area (Å²) in [5.74, 6) is 0.315. The molecule has 1 aliphatic rings. The van der Waals surface area contributed by atoms with Crippen molar-refractivity contribution in [2.45, 2.75) is 50.8 Å². The molecule has 3 nitrogen and oxygen atoms in total. The maximum absolute atomic E-state index is 11.8. The molecule has 0 aliphatic carbocycles. The number of likely N-dealkylation sites (tertiary alicyclic amines) is 1. The molecule has 0 spiro atoms. The maximum atomic E-state index is 11.8. The number of rotatable bonds is 7. The van der Waals surface area contributed by atoms with Crippen LogP contribution in [-0.2, 0) is 9.84 Å². The van der Waals surface area contributed by atoms with Gasteiger partial charge in [-0.05, 0) is 46.1 Å². The smallest absolute Gasteiger partial charge is 0.153 e. The van der Waals surface area contributed by atoms with E-state index in [1.807, 2.05) is 0 Å². The van der Waals surface area contributed by atoms with Gasteiger partial charge >= 0.3 is 0 Å². The molecule has 1 fully saturated rings. The van der Waals surface area contributed by atoms with Crippen molar-refractivity contribution >= 4 is 25.8 Å². The summed E-state index contributed by atoms with van der Waals surface area (Å²) in [5, 5.41) is 0.799. The Hall–Kier alpha value is 0.390. The van der Waals surface area contributed by atoms with Gasteiger partial charge in [-0.25, -0.2) is 8.42 Å². The van der Waals surface area contributed by atoms with E-state index in [4.69, 9.17) is 0 Å². The van der Waals surface area contributed by atoms with E-state index in [0.29, 0.717) is 18.3 Å². The highest BCUT2D eigenvalue weighted by atomic mass is 79.9. The first-order chi connectivity index (χ1) is 7.97. The lowest BCUT2D eigenvalue weighted by Crippen LogP contribution is -2.35. The average Bonchev–Trinajstić information content (AvgIpc) is 2.71. The molecule has 1 heterocycles. The van der Waals surface area contributed by atoms with Crippen LogP contribution in [0, 0.1) is 0 Å². The molecule has 5 heteroatoms. The van der Waals surface area contributed by atoms with Crippen LogP contribution in [0.15, 0.2) is 0 Å². The summed E-state index contributed by atoms with van der Waals surface area (Å²) in [4.78, 5) is 2.36. The van der Waals surface area contributed by atoms with E-state index < -0.39 is 9.84 Å². The van der Waals surface area contributed by atoms with E-state index in [1.165, 1.54) is 25.7 Å². The van der Waals surface area contributed by atoms with Crippen molar-refractivity contribution in [3.8, 4) is 0 Å². The van der Waals surface area contributed by atoms with Gasteiger partial charge in [0.15, 0.2) is 9.84 Å². The summed E-state index contributed by atoms with van der Waals surface area (Å²) in [6, 6.07) is 0.606. The second-order valence-corrected chi connectivity index (χ2v) is 8.55. The van der Waals surface area contributed by atoms with E-state index in [-0.39, 0.29) is 5.25 Å². The zero-order valence-electron chi connectivity index (χ0n) is 10.9. The molecule has 0 aromatic rings. The summed E-state index contributed by atoms with van der Waals surface area (Å²) in [6.07, 6.45) is 4.81. The molecule has 0 N–H and O–H groups in total. The fraction of sp³-hybridized carbons (Fsp3) is 1.00. The first-order valence-electron chi connectivity index (χ1n) is 6.49. The van der Waals surface area contributed by atoms with Crippen LogP contribution in [-0.4, -0.2) is 48.8 Å². The molecule has 17 heavy (non-hydrogen) atoms. The monoisotopic (exact) mass is 325 g/mol. The number of sulfone groups is 1. The molecular weight excluding hydrogens is 302 g/mol. The second kappa shape index (κ2) is 7.10. The second-order valence-electron chi connectivity index (χ2n) is 5.08. The molecule has 0 aromatic heterocycles. The van der Waals surface area contributed by atoms with Gasteiger partial charge < -0.3 is 0 Å². The van der Waals surface area contributed by atoms with Gasteiger partial charge in [0.2, 0.25) is 0 Å². The quantitative estimate of drug-likeness (QED) is 0.675. The highest BCUT2D eigenvalue weighted by molar-refractivity contribution is 9.09. The number of halogens is 1.